The van der Waals surface area contributed by atoms with Gasteiger partial charge in [-0.1, -0.05) is 47.1 Å². The summed E-state index contributed by atoms with van der Waals surface area (Å²) in [6.07, 6.45) is 6.64. The van der Waals surface area contributed by atoms with Crippen molar-refractivity contribution in [3.8, 4) is 0 Å². The Morgan fingerprint density at radius 2 is 2.00 bits per heavy atom. The number of carbonyl (C=O) groups is 1. The molecule has 0 saturated heterocycles. The maximum absolute atomic E-state index is 11.5. The number of rotatable bonds is 2. The van der Waals surface area contributed by atoms with Crippen LogP contribution in [-0.2, 0) is 14.3 Å². The van der Waals surface area contributed by atoms with Crippen LogP contribution in [0.5, 0.6) is 0 Å². The Morgan fingerprint density at radius 1 is 1.42 bits per heavy atom. The number of allylic oxidation sites excluding steroid dienone is 1. The van der Waals surface area contributed by atoms with Crippen molar-refractivity contribution < 1.29 is 14.3 Å². The average Bonchev–Trinajstić information content (AvgIpc) is 3.03. The first-order valence-electron chi connectivity index (χ1n) is 10.1. The van der Waals surface area contributed by atoms with Crippen LogP contribution in [0.4, 0.5) is 0 Å². The first kappa shape index (κ1) is 24.6. The number of hydrogen-bond acceptors (Lipinski definition) is 4. The van der Waals surface area contributed by atoms with E-state index in [0.29, 0.717) is 11.8 Å². The molecule has 0 radical (unpaired) electrons. The van der Waals surface area contributed by atoms with Crippen LogP contribution in [0.15, 0.2) is 18.2 Å². The number of esters is 1. The summed E-state index contributed by atoms with van der Waals surface area (Å²) in [5, 5.41) is 0. The van der Waals surface area contributed by atoms with Gasteiger partial charge in [0.05, 0.1) is 0 Å². The Hall–Kier alpha value is -1.38. The minimum atomic E-state index is -0.235. The van der Waals surface area contributed by atoms with Crippen LogP contribution in [0.25, 0.3) is 0 Å². The lowest BCUT2D eigenvalue weighted by Crippen LogP contribution is -2.44. The van der Waals surface area contributed by atoms with Crippen molar-refractivity contribution in [2.24, 2.45) is 28.9 Å². The summed E-state index contributed by atoms with van der Waals surface area (Å²) in [7, 11) is 0. The largest absolute Gasteiger partial charge is 0.461 e. The fourth-order valence-electron chi connectivity index (χ4n) is 4.42. The van der Waals surface area contributed by atoms with Crippen molar-refractivity contribution in [1.82, 2.24) is 0 Å². The molecule has 4 nitrogen and oxygen atoms in total. The molecule has 0 heterocycles. The van der Waals surface area contributed by atoms with Gasteiger partial charge in [-0.3, -0.25) is 4.79 Å². The van der Waals surface area contributed by atoms with Crippen LogP contribution in [0.3, 0.4) is 0 Å². The average molecular weight is 366 g/mol. The van der Waals surface area contributed by atoms with E-state index in [0.717, 1.165) is 44.2 Å². The second-order valence-electron chi connectivity index (χ2n) is 7.34. The number of hydrogen-bond donors (Lipinski definition) is 1. The summed E-state index contributed by atoms with van der Waals surface area (Å²) in [5.41, 5.74) is 5.60. The zero-order valence-electron chi connectivity index (χ0n) is 17.6. The van der Waals surface area contributed by atoms with E-state index in [1.165, 1.54) is 6.92 Å². The van der Waals surface area contributed by atoms with E-state index in [4.69, 9.17) is 10.5 Å². The van der Waals surface area contributed by atoms with E-state index in [2.05, 4.69) is 26.4 Å². The van der Waals surface area contributed by atoms with Crippen LogP contribution < -0.4 is 5.73 Å². The fraction of sp³-hybridized carbons (Fsp3) is 0.773. The van der Waals surface area contributed by atoms with Gasteiger partial charge in [0, 0.05) is 17.9 Å². The molecule has 2 aliphatic carbocycles. The maximum Gasteiger partial charge on any atom is 0.302 e. The van der Waals surface area contributed by atoms with Gasteiger partial charge in [-0.2, -0.15) is 0 Å². The van der Waals surface area contributed by atoms with Gasteiger partial charge in [-0.05, 0) is 50.0 Å². The van der Waals surface area contributed by atoms with Gasteiger partial charge >= 0.3 is 5.97 Å². The third-order valence-corrected chi connectivity index (χ3v) is 5.64. The second kappa shape index (κ2) is 12.1. The number of fused-ring (bicyclic) bond motifs is 1. The van der Waals surface area contributed by atoms with Crippen LogP contribution in [0.1, 0.15) is 73.6 Å². The standard InChI is InChI=1S/C18H26O3.C2H7N.C2H6/c1-5-18(4)10-6-7-16-14(11-19)8-9-15(16)12(2)17(18)21-13(3)20;1-2-3;1-2/h5,12,15-17H,1,6-10H2,2-4H3;2-3H2,1H3;1-2H3/t12-,15?,16?,17?,18-;;/m1../s1. The van der Waals surface area contributed by atoms with E-state index >= 15 is 0 Å². The van der Waals surface area contributed by atoms with E-state index in [-0.39, 0.29) is 23.4 Å². The predicted octanol–water partition coefficient (Wildman–Crippen LogP) is 4.71. The van der Waals surface area contributed by atoms with Crippen molar-refractivity contribution in [2.75, 3.05) is 6.54 Å². The molecule has 2 fully saturated rings. The van der Waals surface area contributed by atoms with Crippen LogP contribution >= 0.6 is 0 Å². The molecule has 5 atom stereocenters. The van der Waals surface area contributed by atoms with E-state index < -0.39 is 0 Å². The van der Waals surface area contributed by atoms with Crippen LogP contribution in [0, 0.1) is 23.2 Å². The highest BCUT2D eigenvalue weighted by Crippen LogP contribution is 2.50. The predicted molar refractivity (Wildman–Crippen MR) is 108 cm³/mol. The van der Waals surface area contributed by atoms with Gasteiger partial charge in [-0.25, -0.2) is 4.79 Å². The van der Waals surface area contributed by atoms with Crippen LogP contribution in [-0.4, -0.2) is 24.6 Å². The quantitative estimate of drug-likeness (QED) is 0.437. The molecular formula is C22H39NO3. The number of ether oxygens (including phenoxy) is 1. The normalized spacial score (nSPS) is 33.0. The molecule has 0 aromatic heterocycles. The molecule has 3 unspecified atom stereocenters. The first-order chi connectivity index (χ1) is 12.3. The molecule has 2 saturated carbocycles. The van der Waals surface area contributed by atoms with Gasteiger partial charge in [0.2, 0.25) is 0 Å². The summed E-state index contributed by atoms with van der Waals surface area (Å²) in [5.74, 6) is 2.89. The fourth-order valence-corrected chi connectivity index (χ4v) is 4.42. The van der Waals surface area contributed by atoms with Gasteiger partial charge in [0.1, 0.15) is 12.0 Å². The molecule has 0 spiro atoms. The van der Waals surface area contributed by atoms with Gasteiger partial charge in [0.15, 0.2) is 0 Å². The smallest absolute Gasteiger partial charge is 0.302 e. The lowest BCUT2D eigenvalue weighted by Gasteiger charge is -2.43. The molecule has 0 aromatic rings. The lowest BCUT2D eigenvalue weighted by molar-refractivity contribution is -0.158. The third-order valence-electron chi connectivity index (χ3n) is 5.64. The van der Waals surface area contributed by atoms with Gasteiger partial charge in [0.25, 0.3) is 0 Å². The minimum Gasteiger partial charge on any atom is -0.461 e. The molecule has 0 bridgehead atoms. The first-order valence-corrected chi connectivity index (χ1v) is 10.1. The monoisotopic (exact) mass is 365 g/mol. The van der Waals surface area contributed by atoms with E-state index in [9.17, 15) is 9.59 Å². The van der Waals surface area contributed by atoms with Gasteiger partial charge < -0.3 is 10.5 Å². The Morgan fingerprint density at radius 3 is 2.46 bits per heavy atom. The molecule has 4 heteroatoms. The molecule has 0 aliphatic heterocycles. The topological polar surface area (TPSA) is 69.4 Å². The lowest BCUT2D eigenvalue weighted by atomic mass is 9.66. The summed E-state index contributed by atoms with van der Waals surface area (Å²) >= 11 is 0. The van der Waals surface area contributed by atoms with Crippen molar-refractivity contribution in [3.05, 3.63) is 18.2 Å². The molecule has 26 heavy (non-hydrogen) atoms. The molecular weight excluding hydrogens is 326 g/mol. The van der Waals surface area contributed by atoms with Crippen molar-refractivity contribution >= 4 is 11.9 Å². The van der Waals surface area contributed by atoms with Crippen molar-refractivity contribution in [3.63, 3.8) is 0 Å². The third kappa shape index (κ3) is 6.10. The Labute approximate surface area is 160 Å². The molecule has 150 valence electrons. The van der Waals surface area contributed by atoms with Crippen molar-refractivity contribution in [1.29, 1.82) is 0 Å². The SMILES string of the molecule is C=C[C@]1(C)CCCC2C(=C=O)CCC2[C@@H](C)C1OC(C)=O.CC.CCN. The molecule has 0 aromatic carbocycles. The summed E-state index contributed by atoms with van der Waals surface area (Å²) in [4.78, 5) is 22.7. The summed E-state index contributed by atoms with van der Waals surface area (Å²) < 4.78 is 5.70. The molecule has 0 amide bonds. The van der Waals surface area contributed by atoms with Crippen molar-refractivity contribution in [2.45, 2.75) is 79.8 Å². The second-order valence-corrected chi connectivity index (χ2v) is 7.34. The Kier molecular flexibility index (Phi) is 11.4. The minimum absolute atomic E-state index is 0.161. The van der Waals surface area contributed by atoms with E-state index in [1.807, 2.05) is 26.8 Å². The zero-order chi connectivity index (χ0) is 20.3. The highest BCUT2D eigenvalue weighted by Gasteiger charge is 2.47. The summed E-state index contributed by atoms with van der Waals surface area (Å²) in [6, 6.07) is 0. The summed E-state index contributed by atoms with van der Waals surface area (Å²) in [6.45, 7) is 16.4. The number of carbonyl (C=O) groups excluding carboxylic acids is 2. The van der Waals surface area contributed by atoms with Crippen LogP contribution in [0.2, 0.25) is 0 Å². The number of nitrogens with two attached hydrogens (primary N) is 1. The van der Waals surface area contributed by atoms with E-state index in [1.54, 1.807) is 0 Å². The highest BCUT2D eigenvalue weighted by molar-refractivity contribution is 5.66. The molecule has 2 aliphatic rings. The highest BCUT2D eigenvalue weighted by atomic mass is 16.5. The molecule has 2 N–H and O–H groups in total. The Balaban J connectivity index is 0.00000113. The molecule has 2 rings (SSSR count). The maximum atomic E-state index is 11.5. The Bertz CT molecular complexity index is 496. The zero-order valence-corrected chi connectivity index (χ0v) is 17.6. The van der Waals surface area contributed by atoms with Gasteiger partial charge in [-0.15, -0.1) is 6.58 Å².